The molecule has 5 nitrogen and oxygen atoms in total. The highest BCUT2D eigenvalue weighted by atomic mass is 16.4. The van der Waals surface area contributed by atoms with Crippen molar-refractivity contribution in [3.05, 3.63) is 0 Å². The van der Waals surface area contributed by atoms with Crippen LogP contribution in [0.4, 0.5) is 0 Å². The van der Waals surface area contributed by atoms with Crippen molar-refractivity contribution in [3.63, 3.8) is 0 Å². The molecule has 0 aromatic carbocycles. The summed E-state index contributed by atoms with van der Waals surface area (Å²) < 4.78 is 0. The molecule has 1 amide bonds. The van der Waals surface area contributed by atoms with Gasteiger partial charge in [-0.15, -0.1) is 0 Å². The van der Waals surface area contributed by atoms with Crippen molar-refractivity contribution in [3.8, 4) is 0 Å². The van der Waals surface area contributed by atoms with E-state index >= 15 is 0 Å². The minimum absolute atomic E-state index is 0.0586. The monoisotopic (exact) mass is 268 g/mol. The fraction of sp³-hybridized carbons (Fsp3) is 0.857. The number of carboxylic acids is 1. The summed E-state index contributed by atoms with van der Waals surface area (Å²) in [4.78, 5) is 25.4. The maximum Gasteiger partial charge on any atom is 0.309 e. The first-order valence-electron chi connectivity index (χ1n) is 7.28. The van der Waals surface area contributed by atoms with Crippen molar-refractivity contribution in [1.82, 2.24) is 10.2 Å². The molecular formula is C14H24N2O3. The van der Waals surface area contributed by atoms with E-state index in [1.165, 1.54) is 6.42 Å². The number of aliphatic carboxylic acids is 1. The van der Waals surface area contributed by atoms with E-state index in [1.54, 1.807) is 6.92 Å². The first-order chi connectivity index (χ1) is 9.03. The molecule has 0 spiro atoms. The number of amides is 1. The number of carboxylic acid groups (broad SMARTS) is 1. The zero-order valence-corrected chi connectivity index (χ0v) is 11.7. The third kappa shape index (κ3) is 3.26. The predicted octanol–water partition coefficient (Wildman–Crippen LogP) is 1.23. The third-order valence-electron chi connectivity index (χ3n) is 4.55. The molecule has 1 unspecified atom stereocenters. The van der Waals surface area contributed by atoms with Crippen LogP contribution in [0.5, 0.6) is 0 Å². The van der Waals surface area contributed by atoms with Gasteiger partial charge in [-0.1, -0.05) is 12.8 Å². The molecule has 2 saturated heterocycles. The Morgan fingerprint density at radius 1 is 1.21 bits per heavy atom. The number of carbonyl (C=O) groups is 2. The molecule has 2 heterocycles. The molecule has 1 atom stereocenters. The molecule has 2 N–H and O–H groups in total. The van der Waals surface area contributed by atoms with Gasteiger partial charge in [-0.2, -0.15) is 0 Å². The lowest BCUT2D eigenvalue weighted by atomic mass is 9.80. The summed E-state index contributed by atoms with van der Waals surface area (Å²) in [5.74, 6) is -0.582. The molecule has 0 aromatic heterocycles. The van der Waals surface area contributed by atoms with E-state index in [1.807, 2.05) is 4.90 Å². The van der Waals surface area contributed by atoms with Crippen LogP contribution >= 0.6 is 0 Å². The van der Waals surface area contributed by atoms with Gasteiger partial charge in [-0.3, -0.25) is 9.59 Å². The molecule has 2 aliphatic heterocycles. The van der Waals surface area contributed by atoms with Gasteiger partial charge in [0.25, 0.3) is 0 Å². The van der Waals surface area contributed by atoms with Crippen molar-refractivity contribution in [1.29, 1.82) is 0 Å². The van der Waals surface area contributed by atoms with Gasteiger partial charge in [-0.05, 0) is 39.2 Å². The molecule has 0 aromatic rings. The quantitative estimate of drug-likeness (QED) is 0.790. The molecule has 0 aliphatic carbocycles. The Labute approximate surface area is 114 Å². The van der Waals surface area contributed by atoms with Crippen LogP contribution in [0, 0.1) is 5.41 Å². The average molecular weight is 268 g/mol. The zero-order valence-electron chi connectivity index (χ0n) is 11.7. The van der Waals surface area contributed by atoms with E-state index in [-0.39, 0.29) is 11.9 Å². The third-order valence-corrected chi connectivity index (χ3v) is 4.55. The lowest BCUT2D eigenvalue weighted by molar-refractivity contribution is -0.153. The first kappa shape index (κ1) is 14.3. The largest absolute Gasteiger partial charge is 0.481 e. The second kappa shape index (κ2) is 5.90. The van der Waals surface area contributed by atoms with Crippen LogP contribution in [0.25, 0.3) is 0 Å². The highest BCUT2D eigenvalue weighted by molar-refractivity contribution is 5.82. The lowest BCUT2D eigenvalue weighted by Crippen LogP contribution is -2.51. The van der Waals surface area contributed by atoms with E-state index in [2.05, 4.69) is 5.32 Å². The van der Waals surface area contributed by atoms with E-state index in [0.717, 1.165) is 25.8 Å². The van der Waals surface area contributed by atoms with Crippen LogP contribution in [-0.2, 0) is 9.59 Å². The maximum absolute atomic E-state index is 12.4. The van der Waals surface area contributed by atoms with Crippen molar-refractivity contribution in [2.45, 2.75) is 51.5 Å². The summed E-state index contributed by atoms with van der Waals surface area (Å²) in [5.41, 5.74) is -0.659. The average Bonchev–Trinajstić information content (AvgIpc) is 2.67. The Bertz CT molecular complexity index is 341. The Balaban J connectivity index is 1.90. The lowest BCUT2D eigenvalue weighted by Gasteiger charge is -2.37. The SMILES string of the molecule is CC1(C(=O)O)CCN(C(=O)C2CCCCCN2)CC1. The van der Waals surface area contributed by atoms with Gasteiger partial charge in [0.2, 0.25) is 5.91 Å². The van der Waals surface area contributed by atoms with Gasteiger partial charge in [-0.25, -0.2) is 0 Å². The topological polar surface area (TPSA) is 69.6 Å². The van der Waals surface area contributed by atoms with Crippen LogP contribution in [0.3, 0.4) is 0 Å². The number of piperidine rings is 1. The number of rotatable bonds is 2. The number of likely N-dealkylation sites (tertiary alicyclic amines) is 1. The smallest absolute Gasteiger partial charge is 0.309 e. The maximum atomic E-state index is 12.4. The predicted molar refractivity (Wildman–Crippen MR) is 71.8 cm³/mol. The molecule has 19 heavy (non-hydrogen) atoms. The summed E-state index contributed by atoms with van der Waals surface area (Å²) in [6.07, 6.45) is 5.45. The summed E-state index contributed by atoms with van der Waals surface area (Å²) in [5, 5.41) is 12.5. The van der Waals surface area contributed by atoms with Gasteiger partial charge in [0.05, 0.1) is 11.5 Å². The van der Waals surface area contributed by atoms with E-state index < -0.39 is 11.4 Å². The number of nitrogens with one attached hydrogen (secondary N) is 1. The molecule has 0 saturated carbocycles. The number of hydrogen-bond donors (Lipinski definition) is 2. The van der Waals surface area contributed by atoms with Crippen molar-refractivity contribution < 1.29 is 14.7 Å². The molecule has 0 radical (unpaired) electrons. The number of nitrogens with zero attached hydrogens (tertiary/aromatic N) is 1. The van der Waals surface area contributed by atoms with Gasteiger partial charge >= 0.3 is 5.97 Å². The second-order valence-corrected chi connectivity index (χ2v) is 6.05. The summed E-state index contributed by atoms with van der Waals surface area (Å²) in [6.45, 7) is 3.83. The fourth-order valence-electron chi connectivity index (χ4n) is 2.89. The molecular weight excluding hydrogens is 244 g/mol. The van der Waals surface area contributed by atoms with E-state index in [0.29, 0.717) is 25.9 Å². The molecule has 0 bridgehead atoms. The standard InChI is InChI=1S/C14H24N2O3/c1-14(13(18)19)6-9-16(10-7-14)12(17)11-5-3-2-4-8-15-11/h11,15H,2-10H2,1H3,(H,18,19). The van der Waals surface area contributed by atoms with Crippen molar-refractivity contribution in [2.24, 2.45) is 5.41 Å². The highest BCUT2D eigenvalue weighted by Crippen LogP contribution is 2.31. The van der Waals surface area contributed by atoms with E-state index in [9.17, 15) is 14.7 Å². The molecule has 108 valence electrons. The van der Waals surface area contributed by atoms with Crippen LogP contribution in [0.1, 0.15) is 45.4 Å². The van der Waals surface area contributed by atoms with E-state index in [4.69, 9.17) is 0 Å². The van der Waals surface area contributed by atoms with Gasteiger partial charge in [0.1, 0.15) is 0 Å². The van der Waals surface area contributed by atoms with Gasteiger partial charge in [0, 0.05) is 13.1 Å². The Morgan fingerprint density at radius 2 is 1.89 bits per heavy atom. The van der Waals surface area contributed by atoms with Gasteiger partial charge < -0.3 is 15.3 Å². The molecule has 2 aliphatic rings. The van der Waals surface area contributed by atoms with Gasteiger partial charge in [0.15, 0.2) is 0 Å². The summed E-state index contributed by atoms with van der Waals surface area (Å²) in [6, 6.07) is -0.0586. The normalized spacial score (nSPS) is 27.6. The zero-order chi connectivity index (χ0) is 13.9. The minimum Gasteiger partial charge on any atom is -0.481 e. The van der Waals surface area contributed by atoms with Crippen LogP contribution in [0.15, 0.2) is 0 Å². The second-order valence-electron chi connectivity index (χ2n) is 6.05. The van der Waals surface area contributed by atoms with Crippen LogP contribution < -0.4 is 5.32 Å². The molecule has 2 rings (SSSR count). The minimum atomic E-state index is -0.743. The molecule has 5 heteroatoms. The summed E-state index contributed by atoms with van der Waals surface area (Å²) in [7, 11) is 0. The Morgan fingerprint density at radius 3 is 2.53 bits per heavy atom. The Hall–Kier alpha value is -1.10. The summed E-state index contributed by atoms with van der Waals surface area (Å²) >= 11 is 0. The fourth-order valence-corrected chi connectivity index (χ4v) is 2.89. The van der Waals surface area contributed by atoms with Crippen LogP contribution in [0.2, 0.25) is 0 Å². The van der Waals surface area contributed by atoms with Crippen molar-refractivity contribution >= 4 is 11.9 Å². The van der Waals surface area contributed by atoms with Crippen molar-refractivity contribution in [2.75, 3.05) is 19.6 Å². The number of carbonyl (C=O) groups excluding carboxylic acids is 1. The molecule has 2 fully saturated rings. The highest BCUT2D eigenvalue weighted by Gasteiger charge is 2.39. The first-order valence-corrected chi connectivity index (χ1v) is 7.28. The Kier molecular flexibility index (Phi) is 4.45. The van der Waals surface area contributed by atoms with Crippen LogP contribution in [-0.4, -0.2) is 47.6 Å². The number of hydrogen-bond acceptors (Lipinski definition) is 3.